The third-order valence-electron chi connectivity index (χ3n) is 3.71. The minimum absolute atomic E-state index is 0.0255. The van der Waals surface area contributed by atoms with Crippen molar-refractivity contribution in [3.8, 4) is 0 Å². The second kappa shape index (κ2) is 4.92. The number of ether oxygens (including phenoxy) is 1. The predicted molar refractivity (Wildman–Crippen MR) is 68.6 cm³/mol. The number of benzene rings is 1. The summed E-state index contributed by atoms with van der Waals surface area (Å²) in [5.41, 5.74) is -0.0114. The standard InChI is InChI=1S/C14H12FNO5/c15-9-3-1-2-8-11(9)16(13(18)12(8)17)6-7-4-5-10(21-7)14(19)20/h1-3,7,10H,4-6H2,(H,19,20). The van der Waals surface area contributed by atoms with Crippen LogP contribution in [0.15, 0.2) is 18.2 Å². The third kappa shape index (κ3) is 2.19. The van der Waals surface area contributed by atoms with Crippen molar-refractivity contribution in [3.63, 3.8) is 0 Å². The molecule has 1 fully saturated rings. The maximum Gasteiger partial charge on any atom is 0.332 e. The topological polar surface area (TPSA) is 83.9 Å². The number of halogens is 1. The Morgan fingerprint density at radius 2 is 2.14 bits per heavy atom. The van der Waals surface area contributed by atoms with Gasteiger partial charge in [-0.2, -0.15) is 0 Å². The molecule has 0 radical (unpaired) electrons. The van der Waals surface area contributed by atoms with E-state index in [1.165, 1.54) is 18.2 Å². The monoisotopic (exact) mass is 293 g/mol. The summed E-state index contributed by atoms with van der Waals surface area (Å²) in [6.45, 7) is -0.0255. The normalized spacial score (nSPS) is 24.5. The van der Waals surface area contributed by atoms with Gasteiger partial charge in [0.2, 0.25) is 0 Å². The molecule has 0 spiro atoms. The molecule has 1 N–H and O–H groups in total. The van der Waals surface area contributed by atoms with E-state index in [1.54, 1.807) is 0 Å². The number of Topliss-reactive ketones (excluding diaryl/α,β-unsaturated/α-hetero) is 1. The zero-order valence-corrected chi connectivity index (χ0v) is 10.9. The number of amides is 1. The summed E-state index contributed by atoms with van der Waals surface area (Å²) in [6, 6.07) is 3.94. The van der Waals surface area contributed by atoms with E-state index < -0.39 is 35.7 Å². The van der Waals surface area contributed by atoms with Crippen molar-refractivity contribution in [1.29, 1.82) is 0 Å². The number of anilines is 1. The molecule has 1 aromatic carbocycles. The van der Waals surface area contributed by atoms with Gasteiger partial charge in [-0.25, -0.2) is 9.18 Å². The van der Waals surface area contributed by atoms with E-state index in [0.29, 0.717) is 12.8 Å². The molecule has 2 aliphatic rings. The lowest BCUT2D eigenvalue weighted by molar-refractivity contribution is -0.149. The third-order valence-corrected chi connectivity index (χ3v) is 3.71. The highest BCUT2D eigenvalue weighted by Gasteiger charge is 2.41. The average molecular weight is 293 g/mol. The summed E-state index contributed by atoms with van der Waals surface area (Å²) in [5, 5.41) is 8.87. The Morgan fingerprint density at radius 1 is 1.38 bits per heavy atom. The number of nitrogens with zero attached hydrogens (tertiary/aromatic N) is 1. The number of carboxylic acids is 1. The summed E-state index contributed by atoms with van der Waals surface area (Å²) in [4.78, 5) is 35.6. The van der Waals surface area contributed by atoms with E-state index in [1.807, 2.05) is 0 Å². The minimum atomic E-state index is -1.06. The molecular formula is C14H12FNO5. The lowest BCUT2D eigenvalue weighted by atomic mass is 10.1. The van der Waals surface area contributed by atoms with Crippen LogP contribution in [-0.4, -0.2) is 41.5 Å². The van der Waals surface area contributed by atoms with Gasteiger partial charge in [-0.05, 0) is 25.0 Å². The summed E-state index contributed by atoms with van der Waals surface area (Å²) >= 11 is 0. The first-order chi connectivity index (χ1) is 9.99. The van der Waals surface area contributed by atoms with Crippen molar-refractivity contribution < 1.29 is 28.6 Å². The summed E-state index contributed by atoms with van der Waals surface area (Å²) in [6.07, 6.45) is -0.657. The zero-order chi connectivity index (χ0) is 15.1. The van der Waals surface area contributed by atoms with Gasteiger partial charge in [0.25, 0.3) is 11.7 Å². The molecule has 0 saturated carbocycles. The van der Waals surface area contributed by atoms with Crippen LogP contribution in [0.1, 0.15) is 23.2 Å². The molecule has 2 unspecified atom stereocenters. The Morgan fingerprint density at radius 3 is 2.81 bits per heavy atom. The fourth-order valence-corrected chi connectivity index (χ4v) is 2.71. The molecule has 6 nitrogen and oxygen atoms in total. The Balaban J connectivity index is 1.83. The van der Waals surface area contributed by atoms with Crippen molar-refractivity contribution in [3.05, 3.63) is 29.6 Å². The van der Waals surface area contributed by atoms with Gasteiger partial charge < -0.3 is 9.84 Å². The SMILES string of the molecule is O=C1C(=O)N(CC2CCC(C(=O)O)O2)c2c(F)cccc21. The van der Waals surface area contributed by atoms with Crippen molar-refractivity contribution in [1.82, 2.24) is 0 Å². The molecule has 1 aromatic rings. The fraction of sp³-hybridized carbons (Fsp3) is 0.357. The number of carboxylic acid groups (broad SMARTS) is 1. The summed E-state index contributed by atoms with van der Waals surface area (Å²) < 4.78 is 19.2. The summed E-state index contributed by atoms with van der Waals surface area (Å²) in [5.74, 6) is -3.28. The second-order valence-electron chi connectivity index (χ2n) is 5.04. The van der Waals surface area contributed by atoms with Gasteiger partial charge in [-0.1, -0.05) is 6.07 Å². The van der Waals surface area contributed by atoms with Crippen molar-refractivity contribution >= 4 is 23.3 Å². The lowest BCUT2D eigenvalue weighted by Crippen LogP contribution is -2.37. The second-order valence-corrected chi connectivity index (χ2v) is 5.04. The number of rotatable bonds is 3. The zero-order valence-electron chi connectivity index (χ0n) is 10.9. The molecule has 2 aliphatic heterocycles. The number of para-hydroxylation sites is 1. The van der Waals surface area contributed by atoms with E-state index >= 15 is 0 Å². The highest BCUT2D eigenvalue weighted by Crippen LogP contribution is 2.33. The molecule has 110 valence electrons. The van der Waals surface area contributed by atoms with Crippen LogP contribution >= 0.6 is 0 Å². The smallest absolute Gasteiger partial charge is 0.332 e. The molecule has 1 amide bonds. The molecule has 1 saturated heterocycles. The maximum absolute atomic E-state index is 13.9. The van der Waals surface area contributed by atoms with Gasteiger partial charge >= 0.3 is 5.97 Å². The Bertz CT molecular complexity index is 644. The molecule has 7 heteroatoms. The van der Waals surface area contributed by atoms with Gasteiger partial charge in [-0.3, -0.25) is 14.5 Å². The number of carbonyl (C=O) groups is 3. The first-order valence-corrected chi connectivity index (χ1v) is 6.52. The molecule has 3 rings (SSSR count). The van der Waals surface area contributed by atoms with Gasteiger partial charge in [0, 0.05) is 0 Å². The van der Waals surface area contributed by atoms with E-state index in [0.717, 1.165) is 4.90 Å². The number of fused-ring (bicyclic) bond motifs is 1. The molecule has 0 aliphatic carbocycles. The van der Waals surface area contributed by atoms with E-state index in [9.17, 15) is 18.8 Å². The number of hydrogen-bond donors (Lipinski definition) is 1. The molecular weight excluding hydrogens is 281 g/mol. The molecule has 2 atom stereocenters. The van der Waals surface area contributed by atoms with Gasteiger partial charge in [-0.15, -0.1) is 0 Å². The van der Waals surface area contributed by atoms with Gasteiger partial charge in [0.05, 0.1) is 23.9 Å². The Hall–Kier alpha value is -2.28. The van der Waals surface area contributed by atoms with Crippen LogP contribution in [0.3, 0.4) is 0 Å². The Kier molecular flexibility index (Phi) is 3.21. The van der Waals surface area contributed by atoms with Crippen molar-refractivity contribution in [2.75, 3.05) is 11.4 Å². The van der Waals surface area contributed by atoms with E-state index in [4.69, 9.17) is 9.84 Å². The molecule has 0 aromatic heterocycles. The van der Waals surface area contributed by atoms with Gasteiger partial charge in [0.1, 0.15) is 5.82 Å². The number of hydrogen-bond acceptors (Lipinski definition) is 4. The van der Waals surface area contributed by atoms with Crippen LogP contribution in [0.25, 0.3) is 0 Å². The number of aliphatic carboxylic acids is 1. The van der Waals surface area contributed by atoms with Crippen molar-refractivity contribution in [2.45, 2.75) is 25.0 Å². The largest absolute Gasteiger partial charge is 0.479 e. The number of carbonyl (C=O) groups excluding carboxylic acids is 2. The summed E-state index contributed by atoms with van der Waals surface area (Å²) in [7, 11) is 0. The van der Waals surface area contributed by atoms with Crippen LogP contribution in [0.4, 0.5) is 10.1 Å². The van der Waals surface area contributed by atoms with Crippen LogP contribution in [0.2, 0.25) is 0 Å². The van der Waals surface area contributed by atoms with Crippen molar-refractivity contribution in [2.24, 2.45) is 0 Å². The van der Waals surface area contributed by atoms with E-state index in [-0.39, 0.29) is 17.8 Å². The van der Waals surface area contributed by atoms with Crippen LogP contribution < -0.4 is 4.90 Å². The fourth-order valence-electron chi connectivity index (χ4n) is 2.71. The maximum atomic E-state index is 13.9. The van der Waals surface area contributed by atoms with Crippen LogP contribution in [0, 0.1) is 5.82 Å². The average Bonchev–Trinajstić information content (AvgIpc) is 3.00. The number of ketones is 1. The predicted octanol–water partition coefficient (Wildman–Crippen LogP) is 0.987. The molecule has 21 heavy (non-hydrogen) atoms. The lowest BCUT2D eigenvalue weighted by Gasteiger charge is -2.21. The minimum Gasteiger partial charge on any atom is -0.479 e. The molecule has 2 heterocycles. The highest BCUT2D eigenvalue weighted by molar-refractivity contribution is 6.52. The van der Waals surface area contributed by atoms with Crippen LogP contribution in [-0.2, 0) is 14.3 Å². The quantitative estimate of drug-likeness (QED) is 0.840. The Labute approximate surface area is 119 Å². The van der Waals surface area contributed by atoms with Gasteiger partial charge in [0.15, 0.2) is 6.10 Å². The highest BCUT2D eigenvalue weighted by atomic mass is 19.1. The van der Waals surface area contributed by atoms with Crippen LogP contribution in [0.5, 0.6) is 0 Å². The molecule has 0 bridgehead atoms. The van der Waals surface area contributed by atoms with E-state index in [2.05, 4.69) is 0 Å². The first-order valence-electron chi connectivity index (χ1n) is 6.52. The first kappa shape index (κ1) is 13.7.